The van der Waals surface area contributed by atoms with Crippen LogP contribution in [0.3, 0.4) is 0 Å². The fourth-order valence-electron chi connectivity index (χ4n) is 1.99. The minimum absolute atomic E-state index is 0.0704. The summed E-state index contributed by atoms with van der Waals surface area (Å²) in [5.74, 6) is -1.42. The second-order valence-electron chi connectivity index (χ2n) is 4.41. The fourth-order valence-corrected chi connectivity index (χ4v) is 1.99. The van der Waals surface area contributed by atoms with Gasteiger partial charge in [0.25, 0.3) is 0 Å². The summed E-state index contributed by atoms with van der Waals surface area (Å²) in [4.78, 5) is 15.3. The summed E-state index contributed by atoms with van der Waals surface area (Å²) in [6.07, 6.45) is 1.50. The Kier molecular flexibility index (Phi) is 3.23. The van der Waals surface area contributed by atoms with Gasteiger partial charge < -0.3 is 9.84 Å². The lowest BCUT2D eigenvalue weighted by molar-refractivity contribution is 0.0693. The van der Waals surface area contributed by atoms with Crippen molar-refractivity contribution >= 4 is 16.9 Å². The SMILES string of the molecule is O=C(O)c1cc(F)ccc1Oc1cnc2ccccc2c1. The van der Waals surface area contributed by atoms with E-state index in [1.165, 1.54) is 12.3 Å². The molecule has 0 aliphatic carbocycles. The van der Waals surface area contributed by atoms with Crippen LogP contribution in [0.4, 0.5) is 4.39 Å². The van der Waals surface area contributed by atoms with Crippen molar-refractivity contribution in [2.75, 3.05) is 0 Å². The van der Waals surface area contributed by atoms with Crippen LogP contribution in [0, 0.1) is 5.82 Å². The van der Waals surface area contributed by atoms with Crippen molar-refractivity contribution in [3.05, 3.63) is 66.1 Å². The van der Waals surface area contributed by atoms with Gasteiger partial charge in [-0.2, -0.15) is 0 Å². The first-order valence-corrected chi connectivity index (χ1v) is 6.19. The van der Waals surface area contributed by atoms with E-state index in [4.69, 9.17) is 9.84 Å². The Labute approximate surface area is 119 Å². The van der Waals surface area contributed by atoms with Crippen molar-refractivity contribution in [2.24, 2.45) is 0 Å². The van der Waals surface area contributed by atoms with Crippen LogP contribution in [0.2, 0.25) is 0 Å². The Morgan fingerprint density at radius 3 is 2.76 bits per heavy atom. The van der Waals surface area contributed by atoms with E-state index in [2.05, 4.69) is 4.98 Å². The molecule has 0 aliphatic heterocycles. The van der Waals surface area contributed by atoms with Crippen molar-refractivity contribution in [3.63, 3.8) is 0 Å². The topological polar surface area (TPSA) is 59.4 Å². The molecular weight excluding hydrogens is 273 g/mol. The first-order valence-electron chi connectivity index (χ1n) is 6.19. The highest BCUT2D eigenvalue weighted by molar-refractivity contribution is 5.91. The third-order valence-corrected chi connectivity index (χ3v) is 2.97. The van der Waals surface area contributed by atoms with E-state index in [-0.39, 0.29) is 11.3 Å². The zero-order valence-corrected chi connectivity index (χ0v) is 10.8. The number of aromatic nitrogens is 1. The van der Waals surface area contributed by atoms with Gasteiger partial charge in [0.15, 0.2) is 0 Å². The van der Waals surface area contributed by atoms with Crippen molar-refractivity contribution in [2.45, 2.75) is 0 Å². The molecule has 0 fully saturated rings. The second kappa shape index (κ2) is 5.20. The lowest BCUT2D eigenvalue weighted by Gasteiger charge is -2.09. The number of benzene rings is 2. The number of ether oxygens (including phenoxy) is 1. The van der Waals surface area contributed by atoms with Gasteiger partial charge >= 0.3 is 5.97 Å². The molecule has 1 aromatic heterocycles. The maximum atomic E-state index is 13.1. The van der Waals surface area contributed by atoms with Crippen LogP contribution >= 0.6 is 0 Å². The molecule has 5 heteroatoms. The van der Waals surface area contributed by atoms with Crippen molar-refractivity contribution in [1.29, 1.82) is 0 Å². The molecular formula is C16H10FNO3. The van der Waals surface area contributed by atoms with E-state index in [0.29, 0.717) is 5.75 Å². The minimum atomic E-state index is -1.25. The highest BCUT2D eigenvalue weighted by Gasteiger charge is 2.13. The Hall–Kier alpha value is -2.95. The molecule has 0 bridgehead atoms. The zero-order valence-electron chi connectivity index (χ0n) is 10.8. The number of para-hydroxylation sites is 1. The third kappa shape index (κ3) is 2.67. The fraction of sp³-hybridized carbons (Fsp3) is 0. The molecule has 3 aromatic rings. The maximum absolute atomic E-state index is 13.1. The molecule has 0 spiro atoms. The number of hydrogen-bond donors (Lipinski definition) is 1. The Balaban J connectivity index is 2.00. The molecule has 0 amide bonds. The van der Waals surface area contributed by atoms with Gasteiger partial charge in [0, 0.05) is 5.39 Å². The van der Waals surface area contributed by atoms with Crippen LogP contribution in [0.15, 0.2) is 54.7 Å². The summed E-state index contributed by atoms with van der Waals surface area (Å²) in [6, 6.07) is 12.6. The van der Waals surface area contributed by atoms with E-state index in [1.54, 1.807) is 6.07 Å². The first-order chi connectivity index (χ1) is 10.1. The van der Waals surface area contributed by atoms with E-state index < -0.39 is 11.8 Å². The average Bonchev–Trinajstić information content (AvgIpc) is 2.49. The van der Waals surface area contributed by atoms with E-state index >= 15 is 0 Å². The van der Waals surface area contributed by atoms with Crippen LogP contribution in [0.25, 0.3) is 10.9 Å². The summed E-state index contributed by atoms with van der Waals surface area (Å²) in [7, 11) is 0. The third-order valence-electron chi connectivity index (χ3n) is 2.97. The van der Waals surface area contributed by atoms with E-state index in [0.717, 1.165) is 23.0 Å². The predicted octanol–water partition coefficient (Wildman–Crippen LogP) is 3.86. The highest BCUT2D eigenvalue weighted by Crippen LogP contribution is 2.27. The van der Waals surface area contributed by atoms with Gasteiger partial charge in [0.1, 0.15) is 22.9 Å². The monoisotopic (exact) mass is 283 g/mol. The van der Waals surface area contributed by atoms with Gasteiger partial charge in [0.2, 0.25) is 0 Å². The van der Waals surface area contributed by atoms with Crippen LogP contribution < -0.4 is 4.74 Å². The Morgan fingerprint density at radius 2 is 1.95 bits per heavy atom. The van der Waals surface area contributed by atoms with Gasteiger partial charge in [-0.25, -0.2) is 9.18 Å². The summed E-state index contributed by atoms with van der Waals surface area (Å²) >= 11 is 0. The number of pyridine rings is 1. The zero-order chi connectivity index (χ0) is 14.8. The quantitative estimate of drug-likeness (QED) is 0.792. The Bertz CT molecular complexity index is 833. The number of carboxylic acids is 1. The molecule has 4 nitrogen and oxygen atoms in total. The summed E-state index contributed by atoms with van der Waals surface area (Å²) in [6.45, 7) is 0. The number of carbonyl (C=O) groups is 1. The predicted molar refractivity (Wildman–Crippen MR) is 75.2 cm³/mol. The molecule has 0 radical (unpaired) electrons. The van der Waals surface area contributed by atoms with Gasteiger partial charge in [-0.1, -0.05) is 18.2 Å². The van der Waals surface area contributed by atoms with Crippen molar-refractivity contribution < 1.29 is 19.0 Å². The van der Waals surface area contributed by atoms with Crippen molar-refractivity contribution in [1.82, 2.24) is 4.98 Å². The molecule has 0 aliphatic rings. The lowest BCUT2D eigenvalue weighted by atomic mass is 10.2. The van der Waals surface area contributed by atoms with E-state index in [9.17, 15) is 9.18 Å². The number of rotatable bonds is 3. The minimum Gasteiger partial charge on any atom is -0.478 e. The molecule has 2 aromatic carbocycles. The molecule has 0 atom stereocenters. The molecule has 1 N–H and O–H groups in total. The molecule has 0 saturated heterocycles. The van der Waals surface area contributed by atoms with Gasteiger partial charge in [-0.3, -0.25) is 4.98 Å². The van der Waals surface area contributed by atoms with Crippen LogP contribution in [0.5, 0.6) is 11.5 Å². The highest BCUT2D eigenvalue weighted by atomic mass is 19.1. The summed E-state index contributed by atoms with van der Waals surface area (Å²) in [5, 5.41) is 9.95. The number of aromatic carboxylic acids is 1. The van der Waals surface area contributed by atoms with Gasteiger partial charge in [-0.05, 0) is 30.3 Å². The lowest BCUT2D eigenvalue weighted by Crippen LogP contribution is -2.01. The van der Waals surface area contributed by atoms with Gasteiger partial charge in [0.05, 0.1) is 11.7 Å². The number of hydrogen-bond acceptors (Lipinski definition) is 3. The molecule has 0 unspecified atom stereocenters. The smallest absolute Gasteiger partial charge is 0.339 e. The summed E-state index contributed by atoms with van der Waals surface area (Å²) in [5.41, 5.74) is 0.575. The van der Waals surface area contributed by atoms with Crippen LogP contribution in [-0.4, -0.2) is 16.1 Å². The van der Waals surface area contributed by atoms with Crippen LogP contribution in [0.1, 0.15) is 10.4 Å². The number of halogens is 1. The molecule has 3 rings (SSSR count). The average molecular weight is 283 g/mol. The first kappa shape index (κ1) is 13.1. The molecule has 1 heterocycles. The second-order valence-corrected chi connectivity index (χ2v) is 4.41. The number of nitrogens with zero attached hydrogens (tertiary/aromatic N) is 1. The van der Waals surface area contributed by atoms with Crippen LogP contribution in [-0.2, 0) is 0 Å². The van der Waals surface area contributed by atoms with Gasteiger partial charge in [-0.15, -0.1) is 0 Å². The normalized spacial score (nSPS) is 10.5. The summed E-state index contributed by atoms with van der Waals surface area (Å²) < 4.78 is 18.6. The number of fused-ring (bicyclic) bond motifs is 1. The Morgan fingerprint density at radius 1 is 1.14 bits per heavy atom. The van der Waals surface area contributed by atoms with E-state index in [1.807, 2.05) is 24.3 Å². The maximum Gasteiger partial charge on any atom is 0.339 e. The molecule has 0 saturated carbocycles. The van der Waals surface area contributed by atoms with Crippen molar-refractivity contribution in [3.8, 4) is 11.5 Å². The number of carboxylic acid groups (broad SMARTS) is 1. The largest absolute Gasteiger partial charge is 0.478 e. The molecule has 21 heavy (non-hydrogen) atoms. The molecule has 104 valence electrons. The standard InChI is InChI=1S/C16H10FNO3/c17-11-5-6-15(13(8-11)16(19)20)21-12-7-10-3-1-2-4-14(10)18-9-12/h1-9H,(H,19,20).